The van der Waals surface area contributed by atoms with Crippen LogP contribution < -0.4 is 0 Å². The van der Waals surface area contributed by atoms with E-state index in [1.165, 1.54) is 13.2 Å². The molecule has 6 heteroatoms. The van der Waals surface area contributed by atoms with Crippen molar-refractivity contribution in [3.05, 3.63) is 39.9 Å². The van der Waals surface area contributed by atoms with E-state index in [1.54, 1.807) is 25.1 Å². The summed E-state index contributed by atoms with van der Waals surface area (Å²) in [5.74, 6) is -0.549. The van der Waals surface area contributed by atoms with Crippen LogP contribution in [0.15, 0.2) is 24.3 Å². The number of methoxy groups -OCH3 is 1. The molecule has 1 aromatic carbocycles. The maximum absolute atomic E-state index is 11.3. The van der Waals surface area contributed by atoms with Crippen LogP contribution in [0, 0.1) is 16.0 Å². The summed E-state index contributed by atoms with van der Waals surface area (Å²) < 4.78 is 4.65. The zero-order chi connectivity index (χ0) is 14.4. The number of carbonyl (C=O) groups excluding carboxylic acids is 1. The number of carbonyl (C=O) groups is 1. The van der Waals surface area contributed by atoms with Crippen molar-refractivity contribution in [2.24, 2.45) is 5.92 Å². The van der Waals surface area contributed by atoms with Crippen molar-refractivity contribution in [2.75, 3.05) is 20.7 Å². The summed E-state index contributed by atoms with van der Waals surface area (Å²) in [6.07, 6.45) is 0. The van der Waals surface area contributed by atoms with Gasteiger partial charge in [-0.15, -0.1) is 0 Å². The zero-order valence-electron chi connectivity index (χ0n) is 11.3. The van der Waals surface area contributed by atoms with Crippen LogP contribution in [0.2, 0.25) is 0 Å². The lowest BCUT2D eigenvalue weighted by Crippen LogP contribution is -2.29. The average Bonchev–Trinajstić information content (AvgIpc) is 2.37. The van der Waals surface area contributed by atoms with Gasteiger partial charge in [-0.1, -0.05) is 25.1 Å². The van der Waals surface area contributed by atoms with E-state index < -0.39 is 4.92 Å². The van der Waals surface area contributed by atoms with Gasteiger partial charge in [0.15, 0.2) is 0 Å². The normalized spacial score (nSPS) is 12.2. The molecule has 0 aromatic heterocycles. The SMILES string of the molecule is COC(=O)C(C)CN(C)Cc1ccccc1[N+](=O)[O-]. The lowest BCUT2D eigenvalue weighted by Gasteiger charge is -2.19. The van der Waals surface area contributed by atoms with Crippen molar-refractivity contribution in [3.8, 4) is 0 Å². The highest BCUT2D eigenvalue weighted by Gasteiger charge is 2.18. The predicted molar refractivity (Wildman–Crippen MR) is 70.6 cm³/mol. The lowest BCUT2D eigenvalue weighted by atomic mass is 10.1. The van der Waals surface area contributed by atoms with E-state index in [1.807, 2.05) is 11.9 Å². The Kier molecular flexibility index (Phi) is 5.44. The molecule has 104 valence electrons. The van der Waals surface area contributed by atoms with Gasteiger partial charge in [-0.2, -0.15) is 0 Å². The minimum Gasteiger partial charge on any atom is -0.469 e. The topological polar surface area (TPSA) is 72.7 Å². The quantitative estimate of drug-likeness (QED) is 0.446. The molecular formula is C13H18N2O4. The van der Waals surface area contributed by atoms with E-state index in [4.69, 9.17) is 0 Å². The van der Waals surface area contributed by atoms with Gasteiger partial charge in [0.2, 0.25) is 0 Å². The van der Waals surface area contributed by atoms with Crippen LogP contribution in [-0.4, -0.2) is 36.5 Å². The Balaban J connectivity index is 2.69. The molecule has 0 aliphatic carbocycles. The molecule has 1 unspecified atom stereocenters. The van der Waals surface area contributed by atoms with E-state index in [9.17, 15) is 14.9 Å². The second kappa shape index (κ2) is 6.84. The Hall–Kier alpha value is -1.95. The fourth-order valence-corrected chi connectivity index (χ4v) is 1.92. The third-order valence-corrected chi connectivity index (χ3v) is 2.82. The molecule has 0 fully saturated rings. The Labute approximate surface area is 112 Å². The standard InChI is InChI=1S/C13H18N2O4/c1-10(13(16)19-3)8-14(2)9-11-6-4-5-7-12(11)15(17)18/h4-7,10H,8-9H2,1-3H3. The van der Waals surface area contributed by atoms with Crippen LogP contribution in [0.25, 0.3) is 0 Å². The number of hydrogen-bond acceptors (Lipinski definition) is 5. The van der Waals surface area contributed by atoms with Gasteiger partial charge in [-0.3, -0.25) is 14.9 Å². The van der Waals surface area contributed by atoms with Gasteiger partial charge >= 0.3 is 5.97 Å². The first-order valence-electron chi connectivity index (χ1n) is 5.94. The average molecular weight is 266 g/mol. The number of ether oxygens (including phenoxy) is 1. The molecule has 6 nitrogen and oxygen atoms in total. The van der Waals surface area contributed by atoms with Crippen molar-refractivity contribution in [1.82, 2.24) is 4.90 Å². The molecule has 0 spiro atoms. The molecule has 0 heterocycles. The van der Waals surface area contributed by atoms with Crippen molar-refractivity contribution >= 4 is 11.7 Å². The molecule has 0 aliphatic heterocycles. The molecule has 0 bridgehead atoms. The van der Waals surface area contributed by atoms with Crippen LogP contribution in [0.3, 0.4) is 0 Å². The Morgan fingerprint density at radius 3 is 2.68 bits per heavy atom. The third-order valence-electron chi connectivity index (χ3n) is 2.82. The highest BCUT2D eigenvalue weighted by atomic mass is 16.6. The summed E-state index contributed by atoms with van der Waals surface area (Å²) in [6.45, 7) is 2.67. The van der Waals surface area contributed by atoms with Crippen LogP contribution >= 0.6 is 0 Å². The van der Waals surface area contributed by atoms with E-state index in [0.717, 1.165) is 0 Å². The van der Waals surface area contributed by atoms with Crippen molar-refractivity contribution in [2.45, 2.75) is 13.5 Å². The zero-order valence-corrected chi connectivity index (χ0v) is 11.3. The Bertz CT molecular complexity index is 462. The Morgan fingerprint density at radius 2 is 2.11 bits per heavy atom. The van der Waals surface area contributed by atoms with Gasteiger partial charge in [0.05, 0.1) is 18.0 Å². The number of nitro benzene ring substituents is 1. The fourth-order valence-electron chi connectivity index (χ4n) is 1.92. The number of benzene rings is 1. The fraction of sp³-hybridized carbons (Fsp3) is 0.462. The lowest BCUT2D eigenvalue weighted by molar-refractivity contribution is -0.385. The number of nitro groups is 1. The van der Waals surface area contributed by atoms with Crippen molar-refractivity contribution in [3.63, 3.8) is 0 Å². The molecular weight excluding hydrogens is 248 g/mol. The second-order valence-electron chi connectivity index (χ2n) is 4.51. The predicted octanol–water partition coefficient (Wildman–Crippen LogP) is 1.84. The summed E-state index contributed by atoms with van der Waals surface area (Å²) in [7, 11) is 3.16. The number of para-hydroxylation sites is 1. The van der Waals surface area contributed by atoms with E-state index in [-0.39, 0.29) is 17.6 Å². The highest BCUT2D eigenvalue weighted by Crippen LogP contribution is 2.19. The molecule has 0 saturated heterocycles. The van der Waals surface area contributed by atoms with Gasteiger partial charge in [0, 0.05) is 24.7 Å². The van der Waals surface area contributed by atoms with Gasteiger partial charge in [-0.05, 0) is 7.05 Å². The Morgan fingerprint density at radius 1 is 1.47 bits per heavy atom. The van der Waals surface area contributed by atoms with Gasteiger partial charge in [-0.25, -0.2) is 0 Å². The first kappa shape index (κ1) is 15.1. The molecule has 0 aliphatic rings. The second-order valence-corrected chi connectivity index (χ2v) is 4.51. The molecule has 19 heavy (non-hydrogen) atoms. The molecule has 0 radical (unpaired) electrons. The van der Waals surface area contributed by atoms with E-state index in [2.05, 4.69) is 4.74 Å². The summed E-state index contributed by atoms with van der Waals surface area (Å²) >= 11 is 0. The maximum atomic E-state index is 11.3. The number of hydrogen-bond donors (Lipinski definition) is 0. The van der Waals surface area contributed by atoms with Crippen LogP contribution in [0.1, 0.15) is 12.5 Å². The van der Waals surface area contributed by atoms with Gasteiger partial charge < -0.3 is 9.64 Å². The van der Waals surface area contributed by atoms with Gasteiger partial charge in [0.25, 0.3) is 5.69 Å². The minimum atomic E-state index is -0.396. The largest absolute Gasteiger partial charge is 0.469 e. The number of esters is 1. The van der Waals surface area contributed by atoms with Crippen LogP contribution in [0.5, 0.6) is 0 Å². The molecule has 1 atom stereocenters. The summed E-state index contributed by atoms with van der Waals surface area (Å²) in [6, 6.07) is 6.60. The highest BCUT2D eigenvalue weighted by molar-refractivity contribution is 5.72. The van der Waals surface area contributed by atoms with E-state index in [0.29, 0.717) is 18.7 Å². The number of nitrogens with zero attached hydrogens (tertiary/aromatic N) is 2. The van der Waals surface area contributed by atoms with Crippen molar-refractivity contribution in [1.29, 1.82) is 0 Å². The molecule has 0 N–H and O–H groups in total. The third kappa shape index (κ3) is 4.33. The molecule has 0 saturated carbocycles. The van der Waals surface area contributed by atoms with E-state index >= 15 is 0 Å². The van der Waals surface area contributed by atoms with Crippen LogP contribution in [0.4, 0.5) is 5.69 Å². The minimum absolute atomic E-state index is 0.0973. The summed E-state index contributed by atoms with van der Waals surface area (Å²) in [5, 5.41) is 10.9. The molecule has 1 rings (SSSR count). The first-order valence-corrected chi connectivity index (χ1v) is 5.94. The summed E-state index contributed by atoms with van der Waals surface area (Å²) in [4.78, 5) is 23.7. The molecule has 1 aromatic rings. The first-order chi connectivity index (χ1) is 8.95. The molecule has 0 amide bonds. The summed E-state index contributed by atoms with van der Waals surface area (Å²) in [5.41, 5.74) is 0.729. The smallest absolute Gasteiger partial charge is 0.309 e. The van der Waals surface area contributed by atoms with Gasteiger partial charge in [0.1, 0.15) is 0 Å². The van der Waals surface area contributed by atoms with Crippen LogP contribution in [-0.2, 0) is 16.1 Å². The van der Waals surface area contributed by atoms with Crippen molar-refractivity contribution < 1.29 is 14.5 Å². The monoisotopic (exact) mass is 266 g/mol. The maximum Gasteiger partial charge on any atom is 0.309 e. The number of rotatable bonds is 6.